The van der Waals surface area contributed by atoms with Gasteiger partial charge in [-0.1, -0.05) is 11.3 Å². The molecule has 0 saturated carbocycles. The van der Waals surface area contributed by atoms with E-state index in [2.05, 4.69) is 10.1 Å². The molecular weight excluding hydrogens is 383 g/mol. The molecule has 1 atom stereocenters. The second-order valence-electron chi connectivity index (χ2n) is 6.65. The molecule has 5 rings (SSSR count). The molecule has 2 N–H and O–H groups in total. The Balaban J connectivity index is 1.59. The quantitative estimate of drug-likeness (QED) is 0.546. The molecule has 0 amide bonds. The number of hydrogen-bond donors (Lipinski definition) is 2. The van der Waals surface area contributed by atoms with Gasteiger partial charge in [-0.25, -0.2) is 4.39 Å². The summed E-state index contributed by atoms with van der Waals surface area (Å²) in [7, 11) is 0. The Morgan fingerprint density at radius 1 is 1.18 bits per heavy atom. The van der Waals surface area contributed by atoms with E-state index in [4.69, 9.17) is 9.15 Å². The number of furan rings is 1. The van der Waals surface area contributed by atoms with Gasteiger partial charge in [-0.05, 0) is 36.4 Å². The van der Waals surface area contributed by atoms with E-state index < -0.39 is 0 Å². The normalized spacial score (nSPS) is 16.6. The highest BCUT2D eigenvalue weighted by atomic mass is 32.1. The highest BCUT2D eigenvalue weighted by Gasteiger charge is 2.34. The van der Waals surface area contributed by atoms with Gasteiger partial charge in [-0.15, -0.1) is 5.10 Å². The molecule has 9 heteroatoms. The molecule has 28 heavy (non-hydrogen) atoms. The second kappa shape index (κ2) is 7.01. The lowest BCUT2D eigenvalue weighted by atomic mass is 10.0. The first-order chi connectivity index (χ1) is 13.7. The number of aromatic nitrogens is 3. The lowest BCUT2D eigenvalue weighted by Crippen LogP contribution is -3.14. The molecule has 7 nitrogen and oxygen atoms in total. The summed E-state index contributed by atoms with van der Waals surface area (Å²) >= 11 is 1.39. The Kier molecular flexibility index (Phi) is 4.34. The van der Waals surface area contributed by atoms with Crippen molar-refractivity contribution >= 4 is 16.3 Å². The molecule has 0 aliphatic carbocycles. The number of thiazole rings is 1. The number of aromatic hydroxyl groups is 1. The van der Waals surface area contributed by atoms with Crippen molar-refractivity contribution in [3.8, 4) is 17.5 Å². The van der Waals surface area contributed by atoms with Crippen LogP contribution in [-0.4, -0.2) is 46.0 Å². The molecule has 0 unspecified atom stereocenters. The van der Waals surface area contributed by atoms with Crippen LogP contribution in [0.3, 0.4) is 0 Å². The zero-order valence-corrected chi connectivity index (χ0v) is 15.7. The molecule has 0 radical (unpaired) electrons. The molecule has 4 aromatic rings. The van der Waals surface area contributed by atoms with E-state index in [1.165, 1.54) is 32.9 Å². The van der Waals surface area contributed by atoms with E-state index in [-0.39, 0.29) is 17.7 Å². The molecule has 1 aliphatic heterocycles. The Bertz CT molecular complexity index is 1080. The summed E-state index contributed by atoms with van der Waals surface area (Å²) in [6, 6.07) is 9.83. The number of hydrogen-bond acceptors (Lipinski definition) is 6. The van der Waals surface area contributed by atoms with Crippen LogP contribution >= 0.6 is 11.3 Å². The Labute approximate surface area is 163 Å². The van der Waals surface area contributed by atoms with Crippen LogP contribution in [0.25, 0.3) is 16.5 Å². The summed E-state index contributed by atoms with van der Waals surface area (Å²) in [5.74, 6) is 0.744. The number of rotatable bonds is 4. The third kappa shape index (κ3) is 2.97. The van der Waals surface area contributed by atoms with Crippen molar-refractivity contribution in [3.63, 3.8) is 0 Å². The third-order valence-corrected chi connectivity index (χ3v) is 6.04. The number of benzene rings is 1. The van der Waals surface area contributed by atoms with Gasteiger partial charge in [0.15, 0.2) is 11.8 Å². The molecule has 0 spiro atoms. The predicted octanol–water partition coefficient (Wildman–Crippen LogP) is 1.90. The third-order valence-electron chi connectivity index (χ3n) is 4.95. The second-order valence-corrected chi connectivity index (χ2v) is 7.66. The van der Waals surface area contributed by atoms with Crippen molar-refractivity contribution < 1.29 is 23.6 Å². The lowest BCUT2D eigenvalue weighted by Gasteiger charge is -2.31. The minimum atomic E-state index is -0.283. The van der Waals surface area contributed by atoms with Crippen molar-refractivity contribution in [1.82, 2.24) is 14.6 Å². The number of nitrogens with one attached hydrogen (secondary N) is 1. The van der Waals surface area contributed by atoms with Gasteiger partial charge >= 0.3 is 0 Å². The summed E-state index contributed by atoms with van der Waals surface area (Å²) in [6.45, 7) is 2.90. The number of quaternary nitrogens is 1. The number of fused-ring (bicyclic) bond motifs is 1. The number of nitrogens with zero attached hydrogens (tertiary/aromatic N) is 3. The van der Waals surface area contributed by atoms with Gasteiger partial charge in [-0.2, -0.15) is 9.50 Å². The molecule has 0 bridgehead atoms. The van der Waals surface area contributed by atoms with Crippen LogP contribution in [0, 0.1) is 5.82 Å². The highest BCUT2D eigenvalue weighted by Crippen LogP contribution is 2.36. The van der Waals surface area contributed by atoms with Gasteiger partial charge in [-0.3, -0.25) is 0 Å². The molecule has 4 heterocycles. The van der Waals surface area contributed by atoms with E-state index in [0.717, 1.165) is 23.5 Å². The van der Waals surface area contributed by atoms with Crippen LogP contribution in [0.5, 0.6) is 5.88 Å². The van der Waals surface area contributed by atoms with Crippen LogP contribution in [0.4, 0.5) is 4.39 Å². The standard InChI is InChI=1S/C19H17FN4O3S/c20-13-5-3-12(4-6-13)15(23-7-10-26-11-8-23)16-18(25)24-19(28-16)21-17(22-24)14-2-1-9-27-14/h1-6,9,15,25H,7-8,10-11H2/p+1/t15-/m0/s1. The molecule has 1 aliphatic rings. The zero-order valence-electron chi connectivity index (χ0n) is 14.8. The fourth-order valence-corrected chi connectivity index (χ4v) is 4.74. The monoisotopic (exact) mass is 401 g/mol. The van der Waals surface area contributed by atoms with Crippen LogP contribution in [-0.2, 0) is 4.74 Å². The van der Waals surface area contributed by atoms with Gasteiger partial charge in [0.1, 0.15) is 23.8 Å². The van der Waals surface area contributed by atoms with Gasteiger partial charge < -0.3 is 19.2 Å². The minimum absolute atomic E-state index is 0.0543. The van der Waals surface area contributed by atoms with Crippen LogP contribution < -0.4 is 4.90 Å². The van der Waals surface area contributed by atoms with Crippen molar-refractivity contribution in [2.24, 2.45) is 0 Å². The molecule has 1 fully saturated rings. The van der Waals surface area contributed by atoms with Crippen molar-refractivity contribution in [2.45, 2.75) is 6.04 Å². The molecule has 1 saturated heterocycles. The van der Waals surface area contributed by atoms with Crippen LogP contribution in [0.1, 0.15) is 16.5 Å². The molecule has 1 aromatic carbocycles. The summed E-state index contributed by atoms with van der Waals surface area (Å²) in [6.07, 6.45) is 1.56. The number of halogens is 1. The number of morpholine rings is 1. The summed E-state index contributed by atoms with van der Waals surface area (Å²) in [5.41, 5.74) is 0.935. The maximum Gasteiger partial charge on any atom is 0.235 e. The van der Waals surface area contributed by atoms with Crippen LogP contribution in [0.2, 0.25) is 0 Å². The SMILES string of the molecule is Oc1c([C@H](c2ccc(F)cc2)[NH+]2CCOCC2)sc2nc(-c3ccco3)nn12. The van der Waals surface area contributed by atoms with Crippen molar-refractivity contribution in [1.29, 1.82) is 0 Å². The summed E-state index contributed by atoms with van der Waals surface area (Å²) < 4.78 is 25.7. The molecule has 144 valence electrons. The summed E-state index contributed by atoms with van der Waals surface area (Å²) in [5, 5.41) is 15.3. The van der Waals surface area contributed by atoms with Crippen molar-refractivity contribution in [2.75, 3.05) is 26.3 Å². The molecule has 3 aromatic heterocycles. The fraction of sp³-hybridized carbons (Fsp3) is 0.263. The Hall–Kier alpha value is -2.75. The maximum absolute atomic E-state index is 13.5. The van der Waals surface area contributed by atoms with E-state index >= 15 is 0 Å². The topological polar surface area (TPSA) is 77.2 Å². The molecular formula is C19H18FN4O3S+. The average molecular weight is 401 g/mol. The van der Waals surface area contributed by atoms with Gasteiger partial charge in [0.25, 0.3) is 0 Å². The smallest absolute Gasteiger partial charge is 0.235 e. The highest BCUT2D eigenvalue weighted by molar-refractivity contribution is 7.17. The first kappa shape index (κ1) is 17.4. The van der Waals surface area contributed by atoms with Gasteiger partial charge in [0.05, 0.1) is 19.5 Å². The predicted molar refractivity (Wildman–Crippen MR) is 100.0 cm³/mol. The Morgan fingerprint density at radius 2 is 1.96 bits per heavy atom. The first-order valence-corrected chi connectivity index (χ1v) is 9.82. The zero-order chi connectivity index (χ0) is 19.1. The van der Waals surface area contributed by atoms with E-state index in [9.17, 15) is 9.50 Å². The largest absolute Gasteiger partial charge is 0.492 e. The van der Waals surface area contributed by atoms with Crippen LogP contribution in [0.15, 0.2) is 47.1 Å². The fourth-order valence-electron chi connectivity index (χ4n) is 3.60. The van der Waals surface area contributed by atoms with E-state index in [1.54, 1.807) is 30.5 Å². The van der Waals surface area contributed by atoms with E-state index in [0.29, 0.717) is 29.8 Å². The summed E-state index contributed by atoms with van der Waals surface area (Å²) in [4.78, 5) is 7.08. The maximum atomic E-state index is 13.5. The Morgan fingerprint density at radius 3 is 2.64 bits per heavy atom. The van der Waals surface area contributed by atoms with Gasteiger partial charge in [0.2, 0.25) is 16.7 Å². The average Bonchev–Trinajstić information content (AvgIpc) is 3.43. The van der Waals surface area contributed by atoms with E-state index in [1.807, 2.05) is 0 Å². The minimum Gasteiger partial charge on any atom is -0.492 e. The van der Waals surface area contributed by atoms with Crippen molar-refractivity contribution in [3.05, 3.63) is 58.9 Å². The lowest BCUT2D eigenvalue weighted by molar-refractivity contribution is -0.932. The number of ether oxygens (including phenoxy) is 1. The van der Waals surface area contributed by atoms with Gasteiger partial charge in [0, 0.05) is 5.56 Å². The first-order valence-electron chi connectivity index (χ1n) is 9.01.